The molecule has 0 spiro atoms. The van der Waals surface area contributed by atoms with E-state index < -0.39 is 0 Å². The minimum Gasteiger partial charge on any atom is -0.494 e. The topological polar surface area (TPSA) is 146 Å². The lowest BCUT2D eigenvalue weighted by Crippen LogP contribution is -2.49. The normalized spacial score (nSPS) is 22.5. The number of nitrogens with two attached hydrogens (primary N) is 2. The minimum atomic E-state index is 0.00492. The lowest BCUT2D eigenvalue weighted by Gasteiger charge is -2.41. The maximum absolute atomic E-state index is 14.0. The van der Waals surface area contributed by atoms with Gasteiger partial charge in [0, 0.05) is 86.8 Å². The van der Waals surface area contributed by atoms with Gasteiger partial charge in [0.05, 0.1) is 24.0 Å². The number of aromatic nitrogens is 6. The Labute approximate surface area is 272 Å². The number of imidazole rings is 1. The number of rotatable bonds is 9. The van der Waals surface area contributed by atoms with E-state index in [1.54, 1.807) is 19.5 Å². The molecule has 242 valence electrons. The van der Waals surface area contributed by atoms with Gasteiger partial charge in [0.2, 0.25) is 0 Å². The van der Waals surface area contributed by atoms with Gasteiger partial charge in [-0.2, -0.15) is 0 Å². The average molecular weight is 633 g/mol. The van der Waals surface area contributed by atoms with Crippen molar-refractivity contribution >= 4 is 33.8 Å². The van der Waals surface area contributed by atoms with Gasteiger partial charge in [0.25, 0.3) is 5.91 Å². The SMILES string of the molecule is COc1cc(C(=O)N2CC3CCC2[C@@H]3N)cc2nc(-c3cc4cccnc4n3CC3CC3)n(CC3CN(c4nccnc4CN)C3)c12. The molecule has 6 heterocycles. The fourth-order valence-electron chi connectivity index (χ4n) is 8.23. The third kappa shape index (κ3) is 4.68. The highest BCUT2D eigenvalue weighted by Gasteiger charge is 2.47. The fourth-order valence-corrected chi connectivity index (χ4v) is 8.23. The van der Waals surface area contributed by atoms with E-state index in [1.807, 2.05) is 29.3 Å². The zero-order valence-electron chi connectivity index (χ0n) is 26.6. The van der Waals surface area contributed by atoms with E-state index in [0.29, 0.717) is 35.6 Å². The number of nitrogens with zero attached hydrogens (tertiary/aromatic N) is 8. The molecule has 2 saturated carbocycles. The van der Waals surface area contributed by atoms with Crippen molar-refractivity contribution in [2.75, 3.05) is 31.6 Å². The molecule has 1 aromatic carbocycles. The quantitative estimate of drug-likeness (QED) is 0.250. The summed E-state index contributed by atoms with van der Waals surface area (Å²) in [6.07, 6.45) is 9.80. The number of benzene rings is 1. The van der Waals surface area contributed by atoms with Crippen LogP contribution in [0.5, 0.6) is 5.75 Å². The number of ether oxygens (including phenoxy) is 1. The maximum Gasteiger partial charge on any atom is 0.254 e. The molecular formula is C35H40N10O2. The van der Waals surface area contributed by atoms with Crippen LogP contribution in [0.2, 0.25) is 0 Å². The number of pyridine rings is 1. The number of likely N-dealkylation sites (tertiary alicyclic amines) is 1. The molecule has 4 aromatic heterocycles. The van der Waals surface area contributed by atoms with Crippen LogP contribution in [0.4, 0.5) is 5.82 Å². The number of carbonyl (C=O) groups excluding carboxylic acids is 1. The summed E-state index contributed by atoms with van der Waals surface area (Å²) >= 11 is 0. The van der Waals surface area contributed by atoms with E-state index in [1.165, 1.54) is 12.8 Å². The van der Waals surface area contributed by atoms with Crippen LogP contribution < -0.4 is 21.1 Å². The Hall–Kier alpha value is -4.55. The largest absolute Gasteiger partial charge is 0.494 e. The van der Waals surface area contributed by atoms with Crippen molar-refractivity contribution in [3.05, 3.63) is 60.2 Å². The van der Waals surface area contributed by atoms with E-state index >= 15 is 0 Å². The number of hydrogen-bond donors (Lipinski definition) is 2. The van der Waals surface area contributed by atoms with E-state index in [9.17, 15) is 4.79 Å². The van der Waals surface area contributed by atoms with E-state index in [0.717, 1.165) is 90.7 Å². The second-order valence-corrected chi connectivity index (χ2v) is 13.8. The number of methoxy groups -OCH3 is 1. The molecule has 1 amide bonds. The van der Waals surface area contributed by atoms with Crippen molar-refractivity contribution in [2.45, 2.75) is 57.4 Å². The van der Waals surface area contributed by atoms with Crippen molar-refractivity contribution < 1.29 is 9.53 Å². The Kier molecular flexibility index (Phi) is 6.72. The molecule has 4 aliphatic rings. The summed E-state index contributed by atoms with van der Waals surface area (Å²) in [5, 5.41) is 1.09. The molecule has 2 aliphatic carbocycles. The predicted molar refractivity (Wildman–Crippen MR) is 179 cm³/mol. The van der Waals surface area contributed by atoms with E-state index in [-0.39, 0.29) is 18.0 Å². The summed E-state index contributed by atoms with van der Waals surface area (Å²) in [4.78, 5) is 37.3. The molecule has 4 fully saturated rings. The van der Waals surface area contributed by atoms with Crippen molar-refractivity contribution in [1.29, 1.82) is 0 Å². The van der Waals surface area contributed by atoms with Crippen LogP contribution in [-0.4, -0.2) is 78.7 Å². The van der Waals surface area contributed by atoms with Gasteiger partial charge in [0.1, 0.15) is 16.9 Å². The summed E-state index contributed by atoms with van der Waals surface area (Å²) in [6.45, 7) is 4.36. The van der Waals surface area contributed by atoms with Gasteiger partial charge in [-0.05, 0) is 67.9 Å². The lowest BCUT2D eigenvalue weighted by molar-refractivity contribution is 0.0700. The Morgan fingerprint density at radius 1 is 0.957 bits per heavy atom. The predicted octanol–water partition coefficient (Wildman–Crippen LogP) is 3.42. The van der Waals surface area contributed by atoms with Gasteiger partial charge >= 0.3 is 0 Å². The Morgan fingerprint density at radius 3 is 2.53 bits per heavy atom. The van der Waals surface area contributed by atoms with Gasteiger partial charge in [-0.15, -0.1) is 0 Å². The van der Waals surface area contributed by atoms with E-state index in [4.69, 9.17) is 26.2 Å². The van der Waals surface area contributed by atoms with Crippen LogP contribution in [0.3, 0.4) is 0 Å². The molecule has 47 heavy (non-hydrogen) atoms. The first kappa shape index (κ1) is 28.7. The number of carbonyl (C=O) groups is 1. The molecule has 0 radical (unpaired) electrons. The fraction of sp³-hybridized carbons (Fsp3) is 0.457. The molecule has 3 atom stereocenters. The Morgan fingerprint density at radius 2 is 1.79 bits per heavy atom. The number of fused-ring (bicyclic) bond motifs is 4. The van der Waals surface area contributed by atoms with Crippen LogP contribution in [0.25, 0.3) is 33.6 Å². The number of piperidine rings is 1. The zero-order valence-corrected chi connectivity index (χ0v) is 26.6. The number of anilines is 1. The van der Waals surface area contributed by atoms with E-state index in [2.05, 4.69) is 36.1 Å². The van der Waals surface area contributed by atoms with Crippen molar-refractivity contribution in [3.8, 4) is 17.3 Å². The zero-order chi connectivity index (χ0) is 31.8. The number of hydrogen-bond acceptors (Lipinski definition) is 9. The second-order valence-electron chi connectivity index (χ2n) is 13.8. The first-order valence-corrected chi connectivity index (χ1v) is 16.8. The van der Waals surface area contributed by atoms with Crippen molar-refractivity contribution in [1.82, 2.24) is 34.0 Å². The minimum absolute atomic E-state index is 0.00492. The third-order valence-corrected chi connectivity index (χ3v) is 10.9. The molecule has 12 heteroatoms. The lowest BCUT2D eigenvalue weighted by atomic mass is 9.99. The molecular weight excluding hydrogens is 592 g/mol. The molecule has 9 rings (SSSR count). The number of amides is 1. The summed E-state index contributed by atoms with van der Waals surface area (Å²) in [5.74, 6) is 3.74. The molecule has 2 bridgehead atoms. The monoisotopic (exact) mass is 632 g/mol. The highest BCUT2D eigenvalue weighted by Crippen LogP contribution is 2.41. The van der Waals surface area contributed by atoms with Crippen LogP contribution in [0.1, 0.15) is 41.7 Å². The summed E-state index contributed by atoms with van der Waals surface area (Å²) in [7, 11) is 1.68. The third-order valence-electron chi connectivity index (χ3n) is 10.9. The molecule has 4 N–H and O–H groups in total. The molecule has 2 aliphatic heterocycles. The van der Waals surface area contributed by atoms with Crippen LogP contribution >= 0.6 is 0 Å². The average Bonchev–Trinajstić information content (AvgIpc) is 3.44. The van der Waals surface area contributed by atoms with Gasteiger partial charge < -0.3 is 35.1 Å². The Balaban J connectivity index is 1.14. The van der Waals surface area contributed by atoms with Crippen LogP contribution in [-0.2, 0) is 19.6 Å². The molecule has 12 nitrogen and oxygen atoms in total. The van der Waals surface area contributed by atoms with Crippen molar-refractivity contribution in [3.63, 3.8) is 0 Å². The van der Waals surface area contributed by atoms with Gasteiger partial charge in [0.15, 0.2) is 11.6 Å². The Bertz CT molecular complexity index is 2010. The second kappa shape index (κ2) is 11.0. The highest BCUT2D eigenvalue weighted by molar-refractivity contribution is 6.00. The first-order chi connectivity index (χ1) is 23.0. The highest BCUT2D eigenvalue weighted by atomic mass is 16.5. The smallest absolute Gasteiger partial charge is 0.254 e. The summed E-state index contributed by atoms with van der Waals surface area (Å²) < 4.78 is 10.7. The molecule has 2 unspecified atom stereocenters. The van der Waals surface area contributed by atoms with Gasteiger partial charge in [-0.25, -0.2) is 15.0 Å². The molecule has 2 saturated heterocycles. The van der Waals surface area contributed by atoms with Crippen LogP contribution in [0.15, 0.2) is 48.9 Å². The standard InChI is InChI=1S/C35H40N10O2/c1-47-29-13-24(35(46)44-19-23-6-7-27(44)30(23)37)11-25-31(29)45(18-21-15-42(16-21)33-26(14-36)38-9-10-40-33)34(41-25)28-12-22-3-2-8-39-32(22)43(28)17-20-4-5-20/h2-3,8-13,20-21,23,27,30H,4-7,14-19,36-37H2,1H3/t23?,27?,30-/m1/s1. The maximum atomic E-state index is 14.0. The summed E-state index contributed by atoms with van der Waals surface area (Å²) in [6, 6.07) is 10.3. The van der Waals surface area contributed by atoms with Gasteiger partial charge in [-0.3, -0.25) is 9.78 Å². The van der Waals surface area contributed by atoms with Gasteiger partial charge in [-0.1, -0.05) is 0 Å². The first-order valence-electron chi connectivity index (χ1n) is 16.8. The summed E-state index contributed by atoms with van der Waals surface area (Å²) in [5.41, 5.74) is 17.5. The van der Waals surface area contributed by atoms with Crippen molar-refractivity contribution in [2.24, 2.45) is 29.2 Å². The van der Waals surface area contributed by atoms with Crippen LogP contribution in [0, 0.1) is 17.8 Å². The molecule has 5 aromatic rings.